The second-order valence-corrected chi connectivity index (χ2v) is 5.69. The SMILES string of the molecule is COc1cc(/C=N\NC(N)=O)cc(Cl)c1OCCOc1cccc(C)c1. The highest BCUT2D eigenvalue weighted by molar-refractivity contribution is 6.32. The first kappa shape index (κ1) is 19.4. The number of urea groups is 1. The molecule has 2 rings (SSSR count). The van der Waals surface area contributed by atoms with E-state index < -0.39 is 6.03 Å². The first-order valence-corrected chi connectivity index (χ1v) is 8.15. The molecule has 0 aromatic heterocycles. The van der Waals surface area contributed by atoms with Crippen molar-refractivity contribution >= 4 is 23.8 Å². The summed E-state index contributed by atoms with van der Waals surface area (Å²) in [5.74, 6) is 1.62. The summed E-state index contributed by atoms with van der Waals surface area (Å²) >= 11 is 6.25. The van der Waals surface area contributed by atoms with Crippen molar-refractivity contribution in [3.05, 3.63) is 52.5 Å². The maximum atomic E-state index is 10.6. The van der Waals surface area contributed by atoms with Crippen molar-refractivity contribution in [2.45, 2.75) is 6.92 Å². The predicted molar refractivity (Wildman–Crippen MR) is 100 cm³/mol. The van der Waals surface area contributed by atoms with E-state index in [2.05, 4.69) is 10.5 Å². The molecule has 3 N–H and O–H groups in total. The van der Waals surface area contributed by atoms with Crippen LogP contribution in [0.1, 0.15) is 11.1 Å². The van der Waals surface area contributed by atoms with Gasteiger partial charge in [-0.15, -0.1) is 0 Å². The fourth-order valence-electron chi connectivity index (χ4n) is 2.13. The van der Waals surface area contributed by atoms with E-state index >= 15 is 0 Å². The van der Waals surface area contributed by atoms with Crippen molar-refractivity contribution in [1.82, 2.24) is 5.43 Å². The van der Waals surface area contributed by atoms with Crippen molar-refractivity contribution in [1.29, 1.82) is 0 Å². The summed E-state index contributed by atoms with van der Waals surface area (Å²) < 4.78 is 16.6. The molecule has 7 nitrogen and oxygen atoms in total. The zero-order chi connectivity index (χ0) is 18.9. The van der Waals surface area contributed by atoms with Gasteiger partial charge in [0.05, 0.1) is 18.3 Å². The molecular formula is C18H20ClN3O4. The molecule has 0 bridgehead atoms. The molecule has 0 atom stereocenters. The Morgan fingerprint density at radius 1 is 1.27 bits per heavy atom. The van der Waals surface area contributed by atoms with Gasteiger partial charge in [-0.05, 0) is 42.3 Å². The minimum absolute atomic E-state index is 0.292. The summed E-state index contributed by atoms with van der Waals surface area (Å²) in [4.78, 5) is 10.6. The van der Waals surface area contributed by atoms with Gasteiger partial charge in [-0.25, -0.2) is 10.2 Å². The first-order valence-electron chi connectivity index (χ1n) is 7.78. The topological polar surface area (TPSA) is 95.2 Å². The highest BCUT2D eigenvalue weighted by atomic mass is 35.5. The third-order valence-corrected chi connectivity index (χ3v) is 3.51. The van der Waals surface area contributed by atoms with E-state index in [-0.39, 0.29) is 0 Å². The van der Waals surface area contributed by atoms with Crippen LogP contribution in [-0.4, -0.2) is 32.6 Å². The van der Waals surface area contributed by atoms with Crippen molar-refractivity contribution in [3.8, 4) is 17.2 Å². The number of carbonyl (C=O) groups is 1. The normalized spacial score (nSPS) is 10.6. The molecule has 0 spiro atoms. The molecule has 0 aliphatic carbocycles. The van der Waals surface area contributed by atoms with E-state index in [4.69, 9.17) is 31.5 Å². The largest absolute Gasteiger partial charge is 0.493 e. The molecule has 0 unspecified atom stereocenters. The van der Waals surface area contributed by atoms with Gasteiger partial charge < -0.3 is 19.9 Å². The lowest BCUT2D eigenvalue weighted by Gasteiger charge is -2.14. The Morgan fingerprint density at radius 2 is 2.04 bits per heavy atom. The van der Waals surface area contributed by atoms with Gasteiger partial charge in [-0.2, -0.15) is 5.10 Å². The zero-order valence-electron chi connectivity index (χ0n) is 14.5. The maximum absolute atomic E-state index is 10.6. The van der Waals surface area contributed by atoms with Crippen molar-refractivity contribution in [2.24, 2.45) is 10.8 Å². The minimum Gasteiger partial charge on any atom is -0.493 e. The number of aryl methyl sites for hydroxylation is 1. The van der Waals surface area contributed by atoms with Gasteiger partial charge in [0.25, 0.3) is 0 Å². The second kappa shape index (κ2) is 9.53. The number of hydrogen-bond acceptors (Lipinski definition) is 5. The van der Waals surface area contributed by atoms with E-state index in [1.165, 1.54) is 13.3 Å². The van der Waals surface area contributed by atoms with Crippen LogP contribution in [0.15, 0.2) is 41.5 Å². The van der Waals surface area contributed by atoms with E-state index in [0.29, 0.717) is 35.3 Å². The average Bonchev–Trinajstić information content (AvgIpc) is 2.59. The van der Waals surface area contributed by atoms with Crippen LogP contribution < -0.4 is 25.4 Å². The molecule has 138 valence electrons. The molecule has 2 amide bonds. The van der Waals surface area contributed by atoms with Crippen LogP contribution in [0.5, 0.6) is 17.2 Å². The summed E-state index contributed by atoms with van der Waals surface area (Å²) in [5.41, 5.74) is 8.78. The lowest BCUT2D eigenvalue weighted by atomic mass is 10.2. The minimum atomic E-state index is -0.757. The van der Waals surface area contributed by atoms with Gasteiger partial charge in [0.15, 0.2) is 11.5 Å². The molecule has 0 saturated heterocycles. The number of nitrogens with two attached hydrogens (primary N) is 1. The number of nitrogens with one attached hydrogen (secondary N) is 1. The zero-order valence-corrected chi connectivity index (χ0v) is 15.2. The molecule has 0 aliphatic heterocycles. The van der Waals surface area contributed by atoms with Crippen LogP contribution in [-0.2, 0) is 0 Å². The van der Waals surface area contributed by atoms with Crippen LogP contribution in [0.2, 0.25) is 5.02 Å². The number of ether oxygens (including phenoxy) is 3. The summed E-state index contributed by atoms with van der Waals surface area (Å²) in [6.07, 6.45) is 1.39. The monoisotopic (exact) mass is 377 g/mol. The maximum Gasteiger partial charge on any atom is 0.332 e. The van der Waals surface area contributed by atoms with Crippen LogP contribution in [0.25, 0.3) is 0 Å². The number of carbonyl (C=O) groups excluding carboxylic acids is 1. The van der Waals surface area contributed by atoms with E-state index in [0.717, 1.165) is 11.3 Å². The number of halogens is 1. The molecule has 2 aromatic carbocycles. The Balaban J connectivity index is 1.97. The third-order valence-electron chi connectivity index (χ3n) is 3.23. The number of rotatable bonds is 8. The van der Waals surface area contributed by atoms with E-state index in [9.17, 15) is 4.79 Å². The van der Waals surface area contributed by atoms with Crippen LogP contribution >= 0.6 is 11.6 Å². The number of nitrogens with zero attached hydrogens (tertiary/aromatic N) is 1. The van der Waals surface area contributed by atoms with Crippen molar-refractivity contribution < 1.29 is 19.0 Å². The Labute approximate surface area is 156 Å². The Kier molecular flexibility index (Phi) is 7.11. The fourth-order valence-corrected chi connectivity index (χ4v) is 2.41. The molecule has 26 heavy (non-hydrogen) atoms. The summed E-state index contributed by atoms with van der Waals surface area (Å²) in [7, 11) is 1.50. The van der Waals surface area contributed by atoms with Gasteiger partial charge >= 0.3 is 6.03 Å². The lowest BCUT2D eigenvalue weighted by Crippen LogP contribution is -2.24. The van der Waals surface area contributed by atoms with Crippen molar-refractivity contribution in [3.63, 3.8) is 0 Å². The Hall–Kier alpha value is -2.93. The fraction of sp³-hybridized carbons (Fsp3) is 0.222. The predicted octanol–water partition coefficient (Wildman–Crippen LogP) is 3.12. The Bertz CT molecular complexity index is 796. The van der Waals surface area contributed by atoms with Crippen LogP contribution in [0.3, 0.4) is 0 Å². The van der Waals surface area contributed by atoms with Crippen molar-refractivity contribution in [2.75, 3.05) is 20.3 Å². The molecule has 0 saturated carbocycles. The van der Waals surface area contributed by atoms with Gasteiger partial charge in [0, 0.05) is 0 Å². The number of benzene rings is 2. The number of primary amides is 1. The molecule has 0 aliphatic rings. The van der Waals surface area contributed by atoms with E-state index in [1.54, 1.807) is 12.1 Å². The second-order valence-electron chi connectivity index (χ2n) is 5.28. The van der Waals surface area contributed by atoms with Crippen LogP contribution in [0.4, 0.5) is 4.79 Å². The highest BCUT2D eigenvalue weighted by Crippen LogP contribution is 2.36. The molecule has 0 radical (unpaired) electrons. The highest BCUT2D eigenvalue weighted by Gasteiger charge is 2.11. The molecule has 8 heteroatoms. The number of hydrogen-bond donors (Lipinski definition) is 2. The Morgan fingerprint density at radius 3 is 2.73 bits per heavy atom. The summed E-state index contributed by atoms with van der Waals surface area (Å²) in [6, 6.07) is 10.3. The van der Waals surface area contributed by atoms with Gasteiger partial charge in [-0.3, -0.25) is 0 Å². The molecule has 0 fully saturated rings. The quantitative estimate of drug-likeness (QED) is 0.419. The number of hydrazone groups is 1. The first-order chi connectivity index (χ1) is 12.5. The van der Waals surface area contributed by atoms with Gasteiger partial charge in [0.2, 0.25) is 0 Å². The standard InChI is InChI=1S/C18H20ClN3O4/c1-12-4-3-5-14(8-12)25-6-7-26-17-15(19)9-13(10-16(17)24-2)11-21-22-18(20)23/h3-5,8-11H,6-7H2,1-2H3,(H3,20,22,23)/b21-11-. The number of amides is 2. The van der Waals surface area contributed by atoms with Crippen LogP contribution in [0, 0.1) is 6.92 Å². The molecular weight excluding hydrogens is 358 g/mol. The molecule has 2 aromatic rings. The lowest BCUT2D eigenvalue weighted by molar-refractivity contribution is 0.211. The van der Waals surface area contributed by atoms with E-state index in [1.807, 2.05) is 31.2 Å². The summed E-state index contributed by atoms with van der Waals surface area (Å²) in [5, 5.41) is 4.03. The smallest absolute Gasteiger partial charge is 0.332 e. The molecule has 0 heterocycles. The summed E-state index contributed by atoms with van der Waals surface area (Å²) in [6.45, 7) is 2.65. The third kappa shape index (κ3) is 5.86. The van der Waals surface area contributed by atoms with Gasteiger partial charge in [-0.1, -0.05) is 23.7 Å². The number of methoxy groups -OCH3 is 1. The average molecular weight is 378 g/mol. The van der Waals surface area contributed by atoms with Gasteiger partial charge in [0.1, 0.15) is 19.0 Å².